The molecule has 1 saturated heterocycles. The van der Waals surface area contributed by atoms with Crippen molar-refractivity contribution in [3.05, 3.63) is 36.2 Å². The number of fused-ring (bicyclic) bond motifs is 1. The van der Waals surface area contributed by atoms with Gasteiger partial charge >= 0.3 is 6.09 Å². The molecule has 0 aliphatic carbocycles. The summed E-state index contributed by atoms with van der Waals surface area (Å²) in [6.45, 7) is 7.32. The molecule has 1 fully saturated rings. The van der Waals surface area contributed by atoms with Gasteiger partial charge in [-0.3, -0.25) is 0 Å². The van der Waals surface area contributed by atoms with Gasteiger partial charge in [0.15, 0.2) is 11.4 Å². The van der Waals surface area contributed by atoms with E-state index in [1.807, 2.05) is 20.8 Å². The predicted octanol–water partition coefficient (Wildman–Crippen LogP) is 2.91. The van der Waals surface area contributed by atoms with Gasteiger partial charge in [-0.1, -0.05) is 0 Å². The Labute approximate surface area is 179 Å². The lowest BCUT2D eigenvalue weighted by Gasteiger charge is -2.34. The molecule has 1 aliphatic heterocycles. The molecule has 0 unspecified atom stereocenters. The topological polar surface area (TPSA) is 118 Å². The summed E-state index contributed by atoms with van der Waals surface area (Å²) in [7, 11) is 0. The summed E-state index contributed by atoms with van der Waals surface area (Å²) in [4.78, 5) is 18.5. The lowest BCUT2D eigenvalue weighted by atomic mass is 10.2. The van der Waals surface area contributed by atoms with E-state index in [-0.39, 0.29) is 12.2 Å². The minimum absolute atomic E-state index is 0.210. The summed E-state index contributed by atoms with van der Waals surface area (Å²) in [5.74, 6) is 1.09. The third-order valence-electron chi connectivity index (χ3n) is 4.65. The van der Waals surface area contributed by atoms with Crippen molar-refractivity contribution in [2.45, 2.75) is 32.5 Å². The van der Waals surface area contributed by atoms with Crippen LogP contribution in [0, 0.1) is 11.3 Å². The van der Waals surface area contributed by atoms with Crippen LogP contribution in [-0.4, -0.2) is 63.5 Å². The van der Waals surface area contributed by atoms with Crippen LogP contribution < -0.4 is 5.32 Å². The molecule has 4 rings (SSSR count). The second kappa shape index (κ2) is 8.28. The minimum atomic E-state index is -0.541. The Morgan fingerprint density at radius 2 is 2.26 bits per heavy atom. The molecule has 10 heteroatoms. The molecule has 1 atom stereocenters. The normalized spacial score (nSPS) is 16.8. The van der Waals surface area contributed by atoms with Gasteiger partial charge in [0.2, 0.25) is 0 Å². The number of aromatic nitrogens is 3. The van der Waals surface area contributed by atoms with Crippen molar-refractivity contribution in [2.75, 3.05) is 31.6 Å². The quantitative estimate of drug-likeness (QED) is 0.679. The van der Waals surface area contributed by atoms with Crippen LogP contribution in [0.25, 0.3) is 17.1 Å². The van der Waals surface area contributed by atoms with Crippen LogP contribution in [0.15, 0.2) is 35.1 Å². The van der Waals surface area contributed by atoms with E-state index in [1.165, 1.54) is 6.26 Å². The molecule has 1 N–H and O–H groups in total. The Kier molecular flexibility index (Phi) is 5.52. The summed E-state index contributed by atoms with van der Waals surface area (Å²) >= 11 is 0. The maximum atomic E-state index is 12.3. The first-order valence-electron chi connectivity index (χ1n) is 10.0. The highest BCUT2D eigenvalue weighted by atomic mass is 16.6. The second-order valence-corrected chi connectivity index (χ2v) is 8.19. The number of carbonyl (C=O) groups excluding carboxylic acids is 1. The van der Waals surface area contributed by atoms with E-state index < -0.39 is 5.60 Å². The maximum Gasteiger partial charge on any atom is 0.410 e. The number of hydrogen-bond acceptors (Lipinski definition) is 8. The highest BCUT2D eigenvalue weighted by Gasteiger charge is 2.28. The first kappa shape index (κ1) is 20.7. The number of furan rings is 1. The number of amides is 1. The smallest absolute Gasteiger partial charge is 0.410 e. The van der Waals surface area contributed by atoms with Gasteiger partial charge in [0.1, 0.15) is 28.7 Å². The number of morpholine rings is 1. The standard InChI is InChI=1S/C21H24N6O4/c1-21(2,3)31-20(28)26-8-10-29-14(13-26)12-23-17-6-7-27-19(24-17)15(11-22)18(25-27)16-5-4-9-30-16/h4-7,9,14H,8,10,12-13H2,1-3H3,(H,23,24)/t14-/m1/s1. The molecule has 0 radical (unpaired) electrons. The van der Waals surface area contributed by atoms with Crippen LogP contribution in [-0.2, 0) is 9.47 Å². The van der Waals surface area contributed by atoms with Crippen molar-refractivity contribution in [1.82, 2.24) is 19.5 Å². The van der Waals surface area contributed by atoms with Gasteiger partial charge in [0.05, 0.1) is 25.5 Å². The number of anilines is 1. The number of nitrogens with zero attached hydrogens (tertiary/aromatic N) is 5. The van der Waals surface area contributed by atoms with Gasteiger partial charge in [0, 0.05) is 19.3 Å². The average Bonchev–Trinajstić information content (AvgIpc) is 3.38. The molecule has 10 nitrogen and oxygen atoms in total. The van der Waals surface area contributed by atoms with Gasteiger partial charge < -0.3 is 24.1 Å². The molecule has 1 amide bonds. The zero-order valence-electron chi connectivity index (χ0n) is 17.7. The van der Waals surface area contributed by atoms with E-state index in [4.69, 9.17) is 13.9 Å². The summed E-state index contributed by atoms with van der Waals surface area (Å²) in [6, 6.07) is 7.42. The van der Waals surface area contributed by atoms with Crippen molar-refractivity contribution < 1.29 is 18.7 Å². The molecule has 0 aromatic carbocycles. The highest BCUT2D eigenvalue weighted by Crippen LogP contribution is 2.25. The van der Waals surface area contributed by atoms with Crippen LogP contribution in [0.2, 0.25) is 0 Å². The van der Waals surface area contributed by atoms with E-state index >= 15 is 0 Å². The Hall–Kier alpha value is -3.58. The summed E-state index contributed by atoms with van der Waals surface area (Å²) in [5, 5.41) is 17.2. The zero-order valence-corrected chi connectivity index (χ0v) is 17.7. The monoisotopic (exact) mass is 424 g/mol. The van der Waals surface area contributed by atoms with Gasteiger partial charge in [-0.25, -0.2) is 14.3 Å². The van der Waals surface area contributed by atoms with Crippen LogP contribution in [0.4, 0.5) is 10.6 Å². The van der Waals surface area contributed by atoms with Crippen molar-refractivity contribution in [3.63, 3.8) is 0 Å². The summed E-state index contributed by atoms with van der Waals surface area (Å²) in [5.41, 5.74) is 0.670. The second-order valence-electron chi connectivity index (χ2n) is 8.19. The fraction of sp³-hybridized carbons (Fsp3) is 0.429. The zero-order chi connectivity index (χ0) is 22.0. The van der Waals surface area contributed by atoms with Gasteiger partial charge in [-0.2, -0.15) is 10.4 Å². The molecule has 0 bridgehead atoms. The fourth-order valence-electron chi connectivity index (χ4n) is 3.27. The average molecular weight is 424 g/mol. The van der Waals surface area contributed by atoms with Crippen molar-refractivity contribution >= 4 is 17.6 Å². The lowest BCUT2D eigenvalue weighted by Crippen LogP contribution is -2.49. The van der Waals surface area contributed by atoms with Crippen LogP contribution in [0.3, 0.4) is 0 Å². The number of carbonyl (C=O) groups is 1. The van der Waals surface area contributed by atoms with E-state index in [0.717, 1.165) is 0 Å². The molecule has 31 heavy (non-hydrogen) atoms. The first-order chi connectivity index (χ1) is 14.8. The third-order valence-corrected chi connectivity index (χ3v) is 4.65. The summed E-state index contributed by atoms with van der Waals surface area (Å²) in [6.07, 6.45) is 2.71. The number of rotatable bonds is 4. The SMILES string of the molecule is CC(C)(C)OC(=O)N1CCO[C@H](CNc2ccn3nc(-c4ccco4)c(C#N)c3n2)C1. The number of hydrogen-bond donors (Lipinski definition) is 1. The van der Waals surface area contributed by atoms with E-state index in [2.05, 4.69) is 21.5 Å². The first-order valence-corrected chi connectivity index (χ1v) is 10.0. The van der Waals surface area contributed by atoms with Crippen molar-refractivity contribution in [2.24, 2.45) is 0 Å². The molecule has 3 aromatic heterocycles. The van der Waals surface area contributed by atoms with Gasteiger partial charge in [-0.15, -0.1) is 0 Å². The summed E-state index contributed by atoms with van der Waals surface area (Å²) < 4.78 is 18.1. The fourth-order valence-corrected chi connectivity index (χ4v) is 3.27. The third kappa shape index (κ3) is 4.62. The number of nitrogens with one attached hydrogen (secondary N) is 1. The maximum absolute atomic E-state index is 12.3. The van der Waals surface area contributed by atoms with Gasteiger partial charge in [-0.05, 0) is 39.0 Å². The Morgan fingerprint density at radius 3 is 2.97 bits per heavy atom. The predicted molar refractivity (Wildman–Crippen MR) is 111 cm³/mol. The van der Waals surface area contributed by atoms with E-state index in [9.17, 15) is 10.1 Å². The Balaban J connectivity index is 1.44. The van der Waals surface area contributed by atoms with Crippen LogP contribution in [0.5, 0.6) is 0 Å². The van der Waals surface area contributed by atoms with Crippen molar-refractivity contribution in [1.29, 1.82) is 5.26 Å². The molecule has 1 aliphatic rings. The van der Waals surface area contributed by atoms with Crippen LogP contribution >= 0.6 is 0 Å². The molecule has 0 spiro atoms. The molecule has 162 valence electrons. The lowest BCUT2D eigenvalue weighted by molar-refractivity contribution is -0.0371. The highest BCUT2D eigenvalue weighted by molar-refractivity contribution is 5.73. The van der Waals surface area contributed by atoms with E-state index in [1.54, 1.807) is 33.8 Å². The molecule has 0 saturated carbocycles. The number of nitriles is 1. The van der Waals surface area contributed by atoms with E-state index in [0.29, 0.717) is 54.7 Å². The molecule has 3 aromatic rings. The van der Waals surface area contributed by atoms with Gasteiger partial charge in [0.25, 0.3) is 0 Å². The minimum Gasteiger partial charge on any atom is -0.463 e. The molecular weight excluding hydrogens is 400 g/mol. The number of ether oxygens (including phenoxy) is 2. The largest absolute Gasteiger partial charge is 0.463 e. The van der Waals surface area contributed by atoms with Crippen molar-refractivity contribution in [3.8, 4) is 17.5 Å². The molecule has 4 heterocycles. The Morgan fingerprint density at radius 1 is 1.42 bits per heavy atom. The molecular formula is C21H24N6O4. The van der Waals surface area contributed by atoms with Crippen LogP contribution in [0.1, 0.15) is 26.3 Å². The Bertz CT molecular complexity index is 1110.